The summed E-state index contributed by atoms with van der Waals surface area (Å²) in [4.78, 5) is -0.341. The first-order valence-corrected chi connectivity index (χ1v) is 7.37. The van der Waals surface area contributed by atoms with Crippen molar-refractivity contribution in [2.75, 3.05) is 0 Å². The number of nitrogens with zero attached hydrogens (tertiary/aromatic N) is 2. The van der Waals surface area contributed by atoms with Crippen LogP contribution in [0.3, 0.4) is 0 Å². The number of aromatic hydroxyl groups is 1. The van der Waals surface area contributed by atoms with Gasteiger partial charge in [-0.2, -0.15) is 13.5 Å². The highest BCUT2D eigenvalue weighted by Gasteiger charge is 2.16. The molecule has 6 nitrogen and oxygen atoms in total. The molecule has 2 N–H and O–H groups in total. The van der Waals surface area contributed by atoms with Crippen molar-refractivity contribution in [2.24, 2.45) is 10.2 Å². The molecule has 0 unspecified atom stereocenters. The van der Waals surface area contributed by atoms with E-state index in [0.29, 0.717) is 6.07 Å². The molecule has 0 spiro atoms. The first-order chi connectivity index (χ1) is 10.2. The number of phenolic OH excluding ortho intramolecular Hbond substituents is 1. The van der Waals surface area contributed by atoms with Crippen LogP contribution < -0.4 is 0 Å². The van der Waals surface area contributed by atoms with Gasteiger partial charge >= 0.3 is 0 Å². The third-order valence-corrected chi connectivity index (χ3v) is 3.75. The lowest BCUT2D eigenvalue weighted by atomic mass is 10.3. The van der Waals surface area contributed by atoms with Gasteiger partial charge in [0.2, 0.25) is 0 Å². The van der Waals surface area contributed by atoms with Crippen molar-refractivity contribution in [2.45, 2.75) is 4.90 Å². The Balaban J connectivity index is 2.34. The number of phenols is 1. The van der Waals surface area contributed by atoms with Gasteiger partial charge in [-0.25, -0.2) is 8.78 Å². The largest absolute Gasteiger partial charge is 0.503 e. The standard InChI is InChI=1S/C12H7ClF2N2O4S/c13-10-9(5-8(14)12(18)11(10)15)17-16-6-1-3-7(4-2-6)22(19,20)21/h1-5,18H,(H,19,20,21)/b17-16+. The fraction of sp³-hybridized carbons (Fsp3) is 0. The first-order valence-electron chi connectivity index (χ1n) is 5.56. The van der Waals surface area contributed by atoms with E-state index >= 15 is 0 Å². The van der Waals surface area contributed by atoms with Gasteiger partial charge in [-0.1, -0.05) is 11.6 Å². The number of benzene rings is 2. The fourth-order valence-corrected chi connectivity index (χ4v) is 2.10. The van der Waals surface area contributed by atoms with E-state index in [1.807, 2.05) is 0 Å². The minimum atomic E-state index is -4.33. The van der Waals surface area contributed by atoms with Crippen LogP contribution in [0.15, 0.2) is 45.5 Å². The second-order valence-electron chi connectivity index (χ2n) is 4.02. The zero-order valence-electron chi connectivity index (χ0n) is 10.5. The summed E-state index contributed by atoms with van der Waals surface area (Å²) >= 11 is 5.55. The van der Waals surface area contributed by atoms with Crippen molar-refractivity contribution in [1.82, 2.24) is 0 Å². The normalized spacial score (nSPS) is 12.0. The van der Waals surface area contributed by atoms with Crippen LogP contribution in [0.2, 0.25) is 5.02 Å². The van der Waals surface area contributed by atoms with E-state index in [-0.39, 0.29) is 16.3 Å². The lowest BCUT2D eigenvalue weighted by Crippen LogP contribution is -1.96. The zero-order valence-corrected chi connectivity index (χ0v) is 12.1. The molecule has 2 rings (SSSR count). The number of hydrogen-bond donors (Lipinski definition) is 2. The van der Waals surface area contributed by atoms with E-state index in [1.54, 1.807) is 0 Å². The molecule has 0 heterocycles. The van der Waals surface area contributed by atoms with Crippen molar-refractivity contribution in [3.63, 3.8) is 0 Å². The highest BCUT2D eigenvalue weighted by Crippen LogP contribution is 2.36. The molecule has 10 heteroatoms. The summed E-state index contributed by atoms with van der Waals surface area (Å²) < 4.78 is 57.0. The Labute approximate surface area is 128 Å². The summed E-state index contributed by atoms with van der Waals surface area (Å²) in [5, 5.41) is 15.5. The average molecular weight is 349 g/mol. The van der Waals surface area contributed by atoms with Gasteiger partial charge in [0.15, 0.2) is 17.4 Å². The highest BCUT2D eigenvalue weighted by molar-refractivity contribution is 7.85. The molecule has 0 aliphatic carbocycles. The molecule has 0 aliphatic heterocycles. The van der Waals surface area contributed by atoms with Crippen molar-refractivity contribution < 1.29 is 26.9 Å². The fourth-order valence-electron chi connectivity index (χ4n) is 1.44. The predicted octanol–water partition coefficient (Wildman–Crippen LogP) is 3.99. The molecule has 0 radical (unpaired) electrons. The van der Waals surface area contributed by atoms with Crippen LogP contribution in [0.4, 0.5) is 20.2 Å². The number of rotatable bonds is 3. The van der Waals surface area contributed by atoms with Gasteiger partial charge in [0.05, 0.1) is 10.6 Å². The number of azo groups is 1. The van der Waals surface area contributed by atoms with Crippen LogP contribution in [0.1, 0.15) is 0 Å². The molecule has 0 fully saturated rings. The molecular weight excluding hydrogens is 342 g/mol. The quantitative estimate of drug-likeness (QED) is 0.497. The number of halogens is 3. The summed E-state index contributed by atoms with van der Waals surface area (Å²) in [6.07, 6.45) is 0. The monoisotopic (exact) mass is 348 g/mol. The highest BCUT2D eigenvalue weighted by atomic mass is 35.5. The maximum Gasteiger partial charge on any atom is 0.294 e. The van der Waals surface area contributed by atoms with Crippen LogP contribution in [0.25, 0.3) is 0 Å². The molecule has 0 aromatic heterocycles. The SMILES string of the molecule is O=S(=O)(O)c1ccc(/N=N/c2cc(F)c(O)c(F)c2Cl)cc1. The van der Waals surface area contributed by atoms with Crippen LogP contribution in [-0.4, -0.2) is 18.1 Å². The maximum absolute atomic E-state index is 13.3. The van der Waals surface area contributed by atoms with E-state index in [0.717, 1.165) is 12.1 Å². The topological polar surface area (TPSA) is 99.3 Å². The van der Waals surface area contributed by atoms with Crippen LogP contribution in [0.5, 0.6) is 5.75 Å². The van der Waals surface area contributed by atoms with Crippen molar-refractivity contribution in [3.05, 3.63) is 47.0 Å². The molecule has 0 aliphatic rings. The molecule has 22 heavy (non-hydrogen) atoms. The van der Waals surface area contributed by atoms with E-state index in [4.69, 9.17) is 21.3 Å². The van der Waals surface area contributed by atoms with Crippen molar-refractivity contribution in [3.8, 4) is 5.75 Å². The van der Waals surface area contributed by atoms with Crippen LogP contribution in [0, 0.1) is 11.6 Å². The van der Waals surface area contributed by atoms with Gasteiger partial charge in [-0.15, -0.1) is 5.11 Å². The van der Waals surface area contributed by atoms with Crippen molar-refractivity contribution >= 4 is 33.1 Å². The van der Waals surface area contributed by atoms with Crippen molar-refractivity contribution in [1.29, 1.82) is 0 Å². The summed E-state index contributed by atoms with van der Waals surface area (Å²) in [5.41, 5.74) is -0.203. The zero-order chi connectivity index (χ0) is 16.5. The smallest absolute Gasteiger partial charge is 0.294 e. The van der Waals surface area contributed by atoms with Gasteiger partial charge in [0, 0.05) is 6.07 Å². The predicted molar refractivity (Wildman–Crippen MR) is 73.5 cm³/mol. The van der Waals surface area contributed by atoms with E-state index in [1.165, 1.54) is 12.1 Å². The molecule has 0 atom stereocenters. The van der Waals surface area contributed by atoms with Crippen LogP contribution in [-0.2, 0) is 10.1 Å². The Morgan fingerprint density at radius 3 is 2.23 bits per heavy atom. The molecule has 0 saturated carbocycles. The first kappa shape index (κ1) is 16.3. The summed E-state index contributed by atoms with van der Waals surface area (Å²) in [5.74, 6) is -3.84. The van der Waals surface area contributed by atoms with Gasteiger partial charge in [0.1, 0.15) is 10.7 Å². The lowest BCUT2D eigenvalue weighted by Gasteiger charge is -2.02. The average Bonchev–Trinajstić information content (AvgIpc) is 2.47. The van der Waals surface area contributed by atoms with E-state index in [9.17, 15) is 17.2 Å². The van der Waals surface area contributed by atoms with Gasteiger partial charge in [-0.05, 0) is 24.3 Å². The molecule has 2 aromatic carbocycles. The van der Waals surface area contributed by atoms with Gasteiger partial charge in [-0.3, -0.25) is 4.55 Å². The Kier molecular flexibility index (Phi) is 4.40. The Morgan fingerprint density at radius 2 is 1.68 bits per heavy atom. The number of hydrogen-bond acceptors (Lipinski definition) is 5. The second-order valence-corrected chi connectivity index (χ2v) is 5.82. The molecule has 116 valence electrons. The summed E-state index contributed by atoms with van der Waals surface area (Å²) in [6, 6.07) is 5.27. The molecule has 0 bridgehead atoms. The minimum absolute atomic E-state index is 0.150. The molecular formula is C12H7ClF2N2O4S. The molecule has 0 amide bonds. The van der Waals surface area contributed by atoms with Gasteiger partial charge < -0.3 is 5.11 Å². The second kappa shape index (κ2) is 5.95. The molecule has 2 aromatic rings. The molecule has 0 saturated heterocycles. The Bertz CT molecular complexity index is 854. The van der Waals surface area contributed by atoms with Crippen LogP contribution >= 0.6 is 11.6 Å². The third-order valence-electron chi connectivity index (χ3n) is 2.52. The van der Waals surface area contributed by atoms with Gasteiger partial charge in [0.25, 0.3) is 10.1 Å². The Hall–Kier alpha value is -2.10. The third kappa shape index (κ3) is 3.38. The summed E-state index contributed by atoms with van der Waals surface area (Å²) in [6.45, 7) is 0. The minimum Gasteiger partial charge on any atom is -0.503 e. The van der Waals surface area contributed by atoms with E-state index < -0.39 is 32.5 Å². The summed E-state index contributed by atoms with van der Waals surface area (Å²) in [7, 11) is -4.33. The Morgan fingerprint density at radius 1 is 1.09 bits per heavy atom. The lowest BCUT2D eigenvalue weighted by molar-refractivity contribution is 0.396. The van der Waals surface area contributed by atoms with E-state index in [2.05, 4.69) is 10.2 Å². The maximum atomic E-state index is 13.3.